The van der Waals surface area contributed by atoms with Gasteiger partial charge in [-0.25, -0.2) is 9.79 Å². The number of carbonyl (C=O) groups excluding carboxylic acids is 1. The molecule has 0 bridgehead atoms. The predicted molar refractivity (Wildman–Crippen MR) is 178 cm³/mol. The van der Waals surface area contributed by atoms with Gasteiger partial charge in [0, 0.05) is 9.77 Å². The smallest absolute Gasteiger partial charge is 0.337 e. The predicted octanol–water partition coefficient (Wildman–Crippen LogP) is 5.76. The molecule has 0 aliphatic carbocycles. The van der Waals surface area contributed by atoms with Gasteiger partial charge in [-0.2, -0.15) is 0 Å². The Hall–Kier alpha value is -3.42. The van der Waals surface area contributed by atoms with E-state index >= 15 is 0 Å². The van der Waals surface area contributed by atoms with E-state index in [4.69, 9.17) is 18.9 Å². The van der Waals surface area contributed by atoms with Gasteiger partial charge in [-0.1, -0.05) is 35.6 Å². The largest absolute Gasteiger partial charge is 0.490 e. The molecular formula is C32H28BrIN2O6S. The lowest BCUT2D eigenvalue weighted by atomic mass is 9.97. The SMILES string of the molecule is CCOc1ccc([C@H]2C(C(=O)OC)=CN=c3s/c(=C\c4ccc(OCc5ccc(I)cc5)c(Br)c4)c(=O)n32)cc1OCC. The zero-order valence-electron chi connectivity index (χ0n) is 23.6. The van der Waals surface area contributed by atoms with E-state index in [1.165, 1.54) is 32.8 Å². The summed E-state index contributed by atoms with van der Waals surface area (Å²) in [7, 11) is 1.31. The molecule has 2 heterocycles. The molecule has 11 heteroatoms. The number of fused-ring (bicyclic) bond motifs is 1. The van der Waals surface area contributed by atoms with E-state index in [1.54, 1.807) is 18.2 Å². The first-order valence-electron chi connectivity index (χ1n) is 13.5. The lowest BCUT2D eigenvalue weighted by Gasteiger charge is -2.23. The van der Waals surface area contributed by atoms with Gasteiger partial charge < -0.3 is 18.9 Å². The summed E-state index contributed by atoms with van der Waals surface area (Å²) in [6, 6.07) is 18.5. The normalized spacial score (nSPS) is 14.4. The molecule has 0 amide bonds. The van der Waals surface area contributed by atoms with Crippen molar-refractivity contribution in [1.82, 2.24) is 4.57 Å². The molecule has 1 atom stereocenters. The van der Waals surface area contributed by atoms with Crippen molar-refractivity contribution in [2.24, 2.45) is 4.99 Å². The van der Waals surface area contributed by atoms with Gasteiger partial charge in [-0.15, -0.1) is 0 Å². The highest BCUT2D eigenvalue weighted by atomic mass is 127. The van der Waals surface area contributed by atoms with E-state index in [2.05, 4.69) is 43.5 Å². The highest BCUT2D eigenvalue weighted by Crippen LogP contribution is 2.35. The summed E-state index contributed by atoms with van der Waals surface area (Å²) in [5.41, 5.74) is 2.51. The van der Waals surface area contributed by atoms with E-state index in [-0.39, 0.29) is 11.1 Å². The zero-order valence-corrected chi connectivity index (χ0v) is 28.2. The number of nitrogens with zero attached hydrogens (tertiary/aromatic N) is 2. The molecule has 0 N–H and O–H groups in total. The fraction of sp³-hybridized carbons (Fsp3) is 0.219. The van der Waals surface area contributed by atoms with E-state index in [9.17, 15) is 9.59 Å². The van der Waals surface area contributed by atoms with Gasteiger partial charge in [0.15, 0.2) is 16.3 Å². The van der Waals surface area contributed by atoms with Crippen molar-refractivity contribution in [2.75, 3.05) is 20.3 Å². The van der Waals surface area contributed by atoms with Crippen LogP contribution in [0.4, 0.5) is 0 Å². The summed E-state index contributed by atoms with van der Waals surface area (Å²) in [5.74, 6) is 1.24. The second kappa shape index (κ2) is 13.9. The van der Waals surface area contributed by atoms with Crippen molar-refractivity contribution in [1.29, 1.82) is 0 Å². The van der Waals surface area contributed by atoms with Gasteiger partial charge in [-0.05, 0) is 112 Å². The Bertz CT molecular complexity index is 1870. The van der Waals surface area contributed by atoms with Crippen LogP contribution < -0.4 is 29.1 Å². The lowest BCUT2D eigenvalue weighted by Crippen LogP contribution is -2.39. The van der Waals surface area contributed by atoms with Gasteiger partial charge in [0.2, 0.25) is 0 Å². The summed E-state index contributed by atoms with van der Waals surface area (Å²) in [6.45, 7) is 5.11. The summed E-state index contributed by atoms with van der Waals surface area (Å²) in [5, 5.41) is 0. The number of rotatable bonds is 10. The molecule has 0 saturated carbocycles. The summed E-state index contributed by atoms with van der Waals surface area (Å²) >= 11 is 7.12. The third kappa shape index (κ3) is 6.89. The van der Waals surface area contributed by atoms with Gasteiger partial charge in [0.05, 0.1) is 40.9 Å². The average molecular weight is 775 g/mol. The quantitative estimate of drug-likeness (QED) is 0.151. The van der Waals surface area contributed by atoms with Crippen LogP contribution in [0.3, 0.4) is 0 Å². The third-order valence-corrected chi connectivity index (χ3v) is 8.91. The molecule has 0 fully saturated rings. The van der Waals surface area contributed by atoms with Crippen molar-refractivity contribution in [2.45, 2.75) is 26.5 Å². The Morgan fingerprint density at radius 2 is 1.72 bits per heavy atom. The van der Waals surface area contributed by atoms with Gasteiger partial charge in [0.1, 0.15) is 12.4 Å². The minimum absolute atomic E-state index is 0.241. The Morgan fingerprint density at radius 3 is 2.42 bits per heavy atom. The Balaban J connectivity index is 1.51. The molecule has 1 aromatic heterocycles. The molecule has 0 unspecified atom stereocenters. The molecule has 43 heavy (non-hydrogen) atoms. The van der Waals surface area contributed by atoms with E-state index in [1.807, 2.05) is 62.4 Å². The maximum Gasteiger partial charge on any atom is 0.337 e. The van der Waals surface area contributed by atoms with E-state index < -0.39 is 12.0 Å². The van der Waals surface area contributed by atoms with Gasteiger partial charge in [0.25, 0.3) is 5.56 Å². The first-order chi connectivity index (χ1) is 20.8. The summed E-state index contributed by atoms with van der Waals surface area (Å²) < 4.78 is 26.5. The number of hydrogen-bond donors (Lipinski definition) is 0. The van der Waals surface area contributed by atoms with Crippen LogP contribution in [0.1, 0.15) is 36.6 Å². The molecule has 0 radical (unpaired) electrons. The van der Waals surface area contributed by atoms with Crippen molar-refractivity contribution in [3.8, 4) is 17.2 Å². The van der Waals surface area contributed by atoms with Crippen LogP contribution in [0.25, 0.3) is 6.08 Å². The Kier molecular flexibility index (Phi) is 10.0. The monoisotopic (exact) mass is 774 g/mol. The third-order valence-electron chi connectivity index (χ3n) is 6.57. The standard InChI is InChI=1S/C32H28BrIN2O6S/c1-4-40-26-13-9-21(16-27(26)41-5-2)29-23(31(38)39-3)17-35-32-36(29)30(37)28(43-32)15-20-8-12-25(24(33)14-20)42-18-19-6-10-22(34)11-7-19/h6-17,29H,4-5,18H2,1-3H3/b28-15-/t29-/m0/s1. The van der Waals surface area contributed by atoms with Crippen LogP contribution >= 0.6 is 49.9 Å². The van der Waals surface area contributed by atoms with Crippen molar-refractivity contribution < 1.29 is 23.7 Å². The highest BCUT2D eigenvalue weighted by molar-refractivity contribution is 14.1. The number of aromatic nitrogens is 1. The topological polar surface area (TPSA) is 88.4 Å². The molecule has 8 nitrogen and oxygen atoms in total. The average Bonchev–Trinajstić information content (AvgIpc) is 3.32. The van der Waals surface area contributed by atoms with Crippen LogP contribution in [0.5, 0.6) is 17.2 Å². The summed E-state index contributed by atoms with van der Waals surface area (Å²) in [6.07, 6.45) is 3.28. The molecule has 0 spiro atoms. The molecule has 5 rings (SSSR count). The number of ether oxygens (including phenoxy) is 4. The first-order valence-corrected chi connectivity index (χ1v) is 16.2. The van der Waals surface area contributed by atoms with Crippen molar-refractivity contribution >= 4 is 61.9 Å². The van der Waals surface area contributed by atoms with Gasteiger partial charge in [-0.3, -0.25) is 9.36 Å². The number of methoxy groups -OCH3 is 1. The van der Waals surface area contributed by atoms with Crippen molar-refractivity contribution in [3.63, 3.8) is 0 Å². The number of hydrogen-bond acceptors (Lipinski definition) is 8. The van der Waals surface area contributed by atoms with Crippen LogP contribution in [0.2, 0.25) is 0 Å². The van der Waals surface area contributed by atoms with Crippen LogP contribution in [-0.2, 0) is 16.1 Å². The number of carbonyl (C=O) groups is 1. The first kappa shape index (κ1) is 31.0. The zero-order chi connectivity index (χ0) is 30.5. The highest BCUT2D eigenvalue weighted by Gasteiger charge is 2.31. The van der Waals surface area contributed by atoms with Crippen LogP contribution in [0.15, 0.2) is 86.7 Å². The molecule has 0 saturated heterocycles. The van der Waals surface area contributed by atoms with Crippen molar-refractivity contribution in [3.05, 3.63) is 117 Å². The maximum absolute atomic E-state index is 13.9. The number of benzene rings is 3. The second-order valence-corrected chi connectivity index (χ2v) is 12.5. The van der Waals surface area contributed by atoms with Crippen LogP contribution in [-0.4, -0.2) is 30.9 Å². The number of thiazole rings is 1. The molecular weight excluding hydrogens is 747 g/mol. The lowest BCUT2D eigenvalue weighted by molar-refractivity contribution is -0.136. The molecule has 4 aromatic rings. The minimum atomic E-state index is -0.760. The fourth-order valence-corrected chi connectivity index (χ4v) is 6.44. The number of halogens is 2. The summed E-state index contributed by atoms with van der Waals surface area (Å²) in [4.78, 5) is 31.6. The second-order valence-electron chi connectivity index (χ2n) is 9.35. The Morgan fingerprint density at radius 1 is 1.00 bits per heavy atom. The minimum Gasteiger partial charge on any atom is -0.490 e. The van der Waals surface area contributed by atoms with Gasteiger partial charge >= 0.3 is 5.97 Å². The van der Waals surface area contributed by atoms with E-state index in [0.29, 0.717) is 52.0 Å². The molecule has 3 aromatic carbocycles. The fourth-order valence-electron chi connectivity index (χ4n) is 4.60. The molecule has 1 aliphatic heterocycles. The Labute approximate surface area is 274 Å². The molecule has 1 aliphatic rings. The number of esters is 1. The van der Waals surface area contributed by atoms with E-state index in [0.717, 1.165) is 15.6 Å². The molecule has 222 valence electrons. The van der Waals surface area contributed by atoms with Crippen LogP contribution in [0, 0.1) is 3.57 Å². The maximum atomic E-state index is 13.9.